The molecule has 0 spiro atoms. The summed E-state index contributed by atoms with van der Waals surface area (Å²) >= 11 is 0. The molecule has 1 atom stereocenters. The highest BCUT2D eigenvalue weighted by molar-refractivity contribution is 5.77. The number of likely N-dealkylation sites (N-methyl/N-ethyl adjacent to an activating group) is 1. The Morgan fingerprint density at radius 1 is 1.37 bits per heavy atom. The van der Waals surface area contributed by atoms with Crippen LogP contribution in [0.25, 0.3) is 0 Å². The number of carbonyl (C=O) groups is 1. The van der Waals surface area contributed by atoms with Gasteiger partial charge in [0.2, 0.25) is 5.91 Å². The molecule has 5 nitrogen and oxygen atoms in total. The van der Waals surface area contributed by atoms with E-state index in [2.05, 4.69) is 5.32 Å². The van der Waals surface area contributed by atoms with Crippen LogP contribution in [0.3, 0.4) is 0 Å². The van der Waals surface area contributed by atoms with Crippen LogP contribution in [0.4, 0.5) is 0 Å². The lowest BCUT2D eigenvalue weighted by atomic mass is 10.1. The van der Waals surface area contributed by atoms with Crippen molar-refractivity contribution in [2.24, 2.45) is 0 Å². The van der Waals surface area contributed by atoms with Crippen LogP contribution in [0, 0.1) is 0 Å². The first-order chi connectivity index (χ1) is 9.29. The first-order valence-electron chi connectivity index (χ1n) is 7.51. The number of nitrogens with zero attached hydrogens (tertiary/aromatic N) is 1. The Morgan fingerprint density at radius 2 is 2.16 bits per heavy atom. The summed E-state index contributed by atoms with van der Waals surface area (Å²) in [6, 6.07) is 0. The molecule has 110 valence electrons. The van der Waals surface area contributed by atoms with E-state index < -0.39 is 0 Å². The van der Waals surface area contributed by atoms with Crippen molar-refractivity contribution >= 4 is 5.91 Å². The molecular formula is C14H26N2O3. The lowest BCUT2D eigenvalue weighted by molar-refractivity contribution is -0.140. The lowest BCUT2D eigenvalue weighted by Crippen LogP contribution is -2.41. The van der Waals surface area contributed by atoms with Crippen molar-refractivity contribution in [1.82, 2.24) is 10.2 Å². The van der Waals surface area contributed by atoms with Crippen LogP contribution in [0.1, 0.15) is 32.6 Å². The molecule has 2 fully saturated rings. The zero-order valence-electron chi connectivity index (χ0n) is 11.9. The highest BCUT2D eigenvalue weighted by Crippen LogP contribution is 2.14. The second-order valence-electron chi connectivity index (χ2n) is 5.33. The predicted molar refractivity (Wildman–Crippen MR) is 73.1 cm³/mol. The van der Waals surface area contributed by atoms with Crippen LogP contribution >= 0.6 is 0 Å². The lowest BCUT2D eigenvalue weighted by Gasteiger charge is -2.26. The number of nitrogens with one attached hydrogen (secondary N) is 1. The normalized spacial score (nSPS) is 24.6. The Labute approximate surface area is 115 Å². The summed E-state index contributed by atoms with van der Waals surface area (Å²) in [4.78, 5) is 14.0. The average Bonchev–Trinajstić information content (AvgIpc) is 2.96. The number of ether oxygens (including phenoxy) is 2. The number of amides is 1. The van der Waals surface area contributed by atoms with Crippen molar-refractivity contribution in [2.75, 3.05) is 39.4 Å². The monoisotopic (exact) mass is 270 g/mol. The number of piperidine rings is 1. The van der Waals surface area contributed by atoms with E-state index in [9.17, 15) is 4.79 Å². The van der Waals surface area contributed by atoms with Gasteiger partial charge in [0.15, 0.2) is 0 Å². The molecule has 0 aromatic carbocycles. The largest absolute Gasteiger partial charge is 0.376 e. The average molecular weight is 270 g/mol. The van der Waals surface area contributed by atoms with E-state index in [1.165, 1.54) is 0 Å². The smallest absolute Gasteiger partial charge is 0.248 e. The minimum Gasteiger partial charge on any atom is -0.376 e. The van der Waals surface area contributed by atoms with Crippen molar-refractivity contribution in [3.8, 4) is 0 Å². The molecule has 1 N–H and O–H groups in total. The second kappa shape index (κ2) is 7.82. The molecule has 2 saturated heterocycles. The third kappa shape index (κ3) is 4.75. The zero-order chi connectivity index (χ0) is 13.5. The number of hydrogen-bond acceptors (Lipinski definition) is 4. The first kappa shape index (κ1) is 14.8. The molecule has 1 unspecified atom stereocenters. The standard InChI is InChI=1S/C14H26N2O3/c1-2-16(10-13-4-3-9-18-13)14(17)11-19-12-5-7-15-8-6-12/h12-13,15H,2-11H2,1H3. The minimum atomic E-state index is 0.0940. The molecule has 2 rings (SSSR count). The molecule has 1 amide bonds. The summed E-state index contributed by atoms with van der Waals surface area (Å²) in [6.07, 6.45) is 4.66. The van der Waals surface area contributed by atoms with E-state index in [-0.39, 0.29) is 24.7 Å². The molecule has 0 bridgehead atoms. The van der Waals surface area contributed by atoms with Crippen LogP contribution < -0.4 is 5.32 Å². The highest BCUT2D eigenvalue weighted by atomic mass is 16.5. The first-order valence-corrected chi connectivity index (χ1v) is 7.51. The molecular weight excluding hydrogens is 244 g/mol. The number of hydrogen-bond donors (Lipinski definition) is 1. The molecule has 0 aliphatic carbocycles. The van der Waals surface area contributed by atoms with E-state index in [4.69, 9.17) is 9.47 Å². The van der Waals surface area contributed by atoms with Gasteiger partial charge in [-0.1, -0.05) is 0 Å². The Balaban J connectivity index is 1.69. The van der Waals surface area contributed by atoms with Gasteiger partial charge in [0, 0.05) is 19.7 Å². The summed E-state index contributed by atoms with van der Waals surface area (Å²) in [7, 11) is 0. The van der Waals surface area contributed by atoms with Gasteiger partial charge in [0.25, 0.3) is 0 Å². The fourth-order valence-corrected chi connectivity index (χ4v) is 2.68. The van der Waals surface area contributed by atoms with Crippen LogP contribution in [0.2, 0.25) is 0 Å². The van der Waals surface area contributed by atoms with Gasteiger partial charge in [0.05, 0.1) is 12.2 Å². The summed E-state index contributed by atoms with van der Waals surface area (Å²) in [6.45, 7) is 6.49. The van der Waals surface area contributed by atoms with Gasteiger partial charge in [-0.3, -0.25) is 4.79 Å². The molecule has 0 aromatic heterocycles. The van der Waals surface area contributed by atoms with Gasteiger partial charge in [-0.25, -0.2) is 0 Å². The SMILES string of the molecule is CCN(CC1CCCO1)C(=O)COC1CCNCC1. The van der Waals surface area contributed by atoms with Crippen molar-refractivity contribution in [3.05, 3.63) is 0 Å². The fraction of sp³-hybridized carbons (Fsp3) is 0.929. The van der Waals surface area contributed by atoms with Gasteiger partial charge in [-0.05, 0) is 45.7 Å². The molecule has 0 aromatic rings. The topological polar surface area (TPSA) is 50.8 Å². The van der Waals surface area contributed by atoms with E-state index in [1.54, 1.807) is 0 Å². The molecule has 5 heteroatoms. The molecule has 2 aliphatic heterocycles. The van der Waals surface area contributed by atoms with Gasteiger partial charge in [0.1, 0.15) is 6.61 Å². The van der Waals surface area contributed by atoms with Crippen LogP contribution in [0.5, 0.6) is 0 Å². The maximum absolute atomic E-state index is 12.1. The van der Waals surface area contributed by atoms with E-state index in [0.29, 0.717) is 6.54 Å². The fourth-order valence-electron chi connectivity index (χ4n) is 2.68. The molecule has 19 heavy (non-hydrogen) atoms. The summed E-state index contributed by atoms with van der Waals surface area (Å²) < 4.78 is 11.3. The Morgan fingerprint density at radius 3 is 2.79 bits per heavy atom. The maximum atomic E-state index is 12.1. The molecule has 2 heterocycles. The van der Waals surface area contributed by atoms with Gasteiger partial charge in [-0.15, -0.1) is 0 Å². The number of carbonyl (C=O) groups excluding carboxylic acids is 1. The predicted octanol–water partition coefficient (Wildman–Crippen LogP) is 0.783. The van der Waals surface area contributed by atoms with Crippen LogP contribution in [-0.4, -0.2) is 62.4 Å². The van der Waals surface area contributed by atoms with Crippen LogP contribution in [-0.2, 0) is 14.3 Å². The van der Waals surface area contributed by atoms with Gasteiger partial charge in [-0.2, -0.15) is 0 Å². The molecule has 0 radical (unpaired) electrons. The van der Waals surface area contributed by atoms with Crippen molar-refractivity contribution in [2.45, 2.75) is 44.8 Å². The summed E-state index contributed by atoms with van der Waals surface area (Å²) in [5.74, 6) is 0.0940. The molecule has 0 saturated carbocycles. The van der Waals surface area contributed by atoms with Crippen molar-refractivity contribution in [1.29, 1.82) is 0 Å². The van der Waals surface area contributed by atoms with E-state index in [0.717, 1.165) is 51.9 Å². The Kier molecular flexibility index (Phi) is 6.07. The summed E-state index contributed by atoms with van der Waals surface area (Å²) in [5.41, 5.74) is 0. The van der Waals surface area contributed by atoms with Gasteiger partial charge < -0.3 is 19.7 Å². The summed E-state index contributed by atoms with van der Waals surface area (Å²) in [5, 5.41) is 3.29. The minimum absolute atomic E-state index is 0.0940. The number of rotatable bonds is 6. The van der Waals surface area contributed by atoms with E-state index in [1.807, 2.05) is 11.8 Å². The highest BCUT2D eigenvalue weighted by Gasteiger charge is 2.22. The second-order valence-corrected chi connectivity index (χ2v) is 5.33. The third-order valence-corrected chi connectivity index (χ3v) is 3.91. The third-order valence-electron chi connectivity index (χ3n) is 3.91. The Hall–Kier alpha value is -0.650. The van der Waals surface area contributed by atoms with Crippen LogP contribution in [0.15, 0.2) is 0 Å². The zero-order valence-corrected chi connectivity index (χ0v) is 11.9. The van der Waals surface area contributed by atoms with E-state index >= 15 is 0 Å². The van der Waals surface area contributed by atoms with Gasteiger partial charge >= 0.3 is 0 Å². The molecule has 2 aliphatic rings. The Bertz CT molecular complexity index is 274. The maximum Gasteiger partial charge on any atom is 0.248 e. The van der Waals surface area contributed by atoms with Crippen molar-refractivity contribution < 1.29 is 14.3 Å². The quantitative estimate of drug-likeness (QED) is 0.775. The van der Waals surface area contributed by atoms with Crippen molar-refractivity contribution in [3.63, 3.8) is 0 Å².